The van der Waals surface area contributed by atoms with Crippen LogP contribution < -0.4 is 0 Å². The normalized spacial score (nSPS) is 24.6. The molecule has 2 aromatic carbocycles. The lowest BCUT2D eigenvalue weighted by atomic mass is 9.90. The number of hydrogen-bond acceptors (Lipinski definition) is 7. The first kappa shape index (κ1) is 24.3. The number of benzene rings is 2. The zero-order valence-corrected chi connectivity index (χ0v) is 19.2. The highest BCUT2D eigenvalue weighted by atomic mass is 16.7. The van der Waals surface area contributed by atoms with Gasteiger partial charge >= 0.3 is 5.97 Å². The molecule has 0 aromatic heterocycles. The average Bonchev–Trinajstić information content (AvgIpc) is 2.87. The van der Waals surface area contributed by atoms with Crippen LogP contribution in [0.5, 0.6) is 0 Å². The second-order valence-corrected chi connectivity index (χ2v) is 8.80. The van der Waals surface area contributed by atoms with Gasteiger partial charge in [-0.3, -0.25) is 10.1 Å². The van der Waals surface area contributed by atoms with E-state index in [1.807, 2.05) is 18.2 Å². The number of esters is 1. The lowest BCUT2D eigenvalue weighted by Crippen LogP contribution is -2.55. The molecule has 0 bridgehead atoms. The van der Waals surface area contributed by atoms with E-state index in [-0.39, 0.29) is 24.5 Å². The third-order valence-corrected chi connectivity index (χ3v) is 6.38. The van der Waals surface area contributed by atoms with Crippen molar-refractivity contribution >= 4 is 11.7 Å². The minimum absolute atomic E-state index is 0.0211. The minimum atomic E-state index is -0.703. The Morgan fingerprint density at radius 1 is 1.09 bits per heavy atom. The number of nitro groups is 1. The zero-order chi connectivity index (χ0) is 23.8. The van der Waals surface area contributed by atoms with E-state index < -0.39 is 16.7 Å². The Morgan fingerprint density at radius 2 is 1.88 bits per heavy atom. The molecule has 0 unspecified atom stereocenters. The SMILES string of the molecule is O=C(OCCC[C@@H]1CC[C@@H](OCc2ccccc2)[C@@]2(CCCCO2)O1)c1ccc([N+](=O)[O-])cc1. The molecule has 2 aromatic rings. The Hall–Kier alpha value is -2.81. The molecule has 8 heteroatoms. The van der Waals surface area contributed by atoms with E-state index in [0.717, 1.165) is 44.1 Å². The molecule has 0 N–H and O–H groups in total. The van der Waals surface area contributed by atoms with Gasteiger partial charge in [-0.2, -0.15) is 0 Å². The maximum absolute atomic E-state index is 12.2. The second-order valence-electron chi connectivity index (χ2n) is 8.80. The van der Waals surface area contributed by atoms with E-state index in [1.165, 1.54) is 24.3 Å². The van der Waals surface area contributed by atoms with Gasteiger partial charge in [-0.1, -0.05) is 30.3 Å². The molecule has 0 amide bonds. The topological polar surface area (TPSA) is 97.1 Å². The quantitative estimate of drug-likeness (QED) is 0.216. The minimum Gasteiger partial charge on any atom is -0.462 e. The monoisotopic (exact) mass is 469 g/mol. The molecule has 0 saturated carbocycles. The molecule has 3 atom stereocenters. The van der Waals surface area contributed by atoms with Gasteiger partial charge in [-0.05, 0) is 56.2 Å². The van der Waals surface area contributed by atoms with Crippen molar-refractivity contribution < 1.29 is 28.7 Å². The first-order chi connectivity index (χ1) is 16.6. The summed E-state index contributed by atoms with van der Waals surface area (Å²) in [4.78, 5) is 22.4. The maximum atomic E-state index is 12.2. The molecule has 4 rings (SSSR count). The van der Waals surface area contributed by atoms with E-state index in [1.54, 1.807) is 0 Å². The summed E-state index contributed by atoms with van der Waals surface area (Å²) in [5.74, 6) is -1.19. The van der Waals surface area contributed by atoms with Crippen molar-refractivity contribution in [3.63, 3.8) is 0 Å². The third kappa shape index (κ3) is 6.20. The van der Waals surface area contributed by atoms with E-state index in [9.17, 15) is 14.9 Å². The molecule has 2 heterocycles. The van der Waals surface area contributed by atoms with Crippen molar-refractivity contribution in [2.45, 2.75) is 69.5 Å². The van der Waals surface area contributed by atoms with Crippen molar-refractivity contribution in [2.24, 2.45) is 0 Å². The molecule has 182 valence electrons. The number of nitrogens with zero attached hydrogens (tertiary/aromatic N) is 1. The van der Waals surface area contributed by atoms with Crippen LogP contribution >= 0.6 is 0 Å². The summed E-state index contributed by atoms with van der Waals surface area (Å²) in [5.41, 5.74) is 1.37. The Kier molecular flexibility index (Phi) is 8.26. The molecular formula is C26H31NO7. The average molecular weight is 470 g/mol. The Labute approximate surface area is 199 Å². The number of carbonyl (C=O) groups is 1. The molecule has 2 aliphatic heterocycles. The molecule has 0 radical (unpaired) electrons. The number of hydrogen-bond donors (Lipinski definition) is 0. The molecule has 34 heavy (non-hydrogen) atoms. The Balaban J connectivity index is 1.25. The highest BCUT2D eigenvalue weighted by Gasteiger charge is 2.48. The predicted octanol–water partition coefficient (Wildman–Crippen LogP) is 5.19. The van der Waals surface area contributed by atoms with Gasteiger partial charge in [0.05, 0.1) is 36.4 Å². The Bertz CT molecular complexity index is 941. The molecule has 0 aliphatic carbocycles. The number of ether oxygens (including phenoxy) is 4. The summed E-state index contributed by atoms with van der Waals surface area (Å²) >= 11 is 0. The third-order valence-electron chi connectivity index (χ3n) is 6.38. The number of non-ortho nitro benzene ring substituents is 1. The van der Waals surface area contributed by atoms with Crippen molar-refractivity contribution in [3.8, 4) is 0 Å². The summed E-state index contributed by atoms with van der Waals surface area (Å²) in [6.07, 6.45) is 5.94. The van der Waals surface area contributed by atoms with Crippen molar-refractivity contribution in [3.05, 3.63) is 75.8 Å². The van der Waals surface area contributed by atoms with Gasteiger partial charge in [0.25, 0.3) is 5.69 Å². The fraction of sp³-hybridized carbons (Fsp3) is 0.500. The van der Waals surface area contributed by atoms with Crippen molar-refractivity contribution in [1.29, 1.82) is 0 Å². The van der Waals surface area contributed by atoms with Gasteiger partial charge in [0, 0.05) is 18.6 Å². The van der Waals surface area contributed by atoms with E-state index in [2.05, 4.69) is 12.1 Å². The smallest absolute Gasteiger partial charge is 0.338 e. The van der Waals surface area contributed by atoms with Crippen LogP contribution in [0.1, 0.15) is 60.9 Å². The molecule has 2 aliphatic rings. The molecular weight excluding hydrogens is 438 g/mol. The van der Waals surface area contributed by atoms with Gasteiger partial charge < -0.3 is 18.9 Å². The first-order valence-electron chi connectivity index (χ1n) is 11.9. The molecule has 2 saturated heterocycles. The first-order valence-corrected chi connectivity index (χ1v) is 11.9. The van der Waals surface area contributed by atoms with Crippen LogP contribution in [0.3, 0.4) is 0 Å². The van der Waals surface area contributed by atoms with Gasteiger partial charge in [0.15, 0.2) is 5.79 Å². The molecule has 2 fully saturated rings. The standard InChI is InChI=1S/C26H31NO7/c28-25(21-10-12-22(13-11-21)27(29)30)31-17-6-9-23-14-15-24(26(34-23)16-4-5-18-33-26)32-19-20-7-2-1-3-8-20/h1-3,7-8,10-13,23-24H,4-6,9,14-19H2/t23-,24-,26-/m1/s1. The van der Waals surface area contributed by atoms with Crippen LogP contribution in [0.15, 0.2) is 54.6 Å². The van der Waals surface area contributed by atoms with Crippen LogP contribution in [0.25, 0.3) is 0 Å². The lowest BCUT2D eigenvalue weighted by Gasteiger charge is -2.48. The highest BCUT2D eigenvalue weighted by Crippen LogP contribution is 2.40. The van der Waals surface area contributed by atoms with E-state index >= 15 is 0 Å². The Morgan fingerprint density at radius 3 is 2.59 bits per heavy atom. The number of carbonyl (C=O) groups excluding carboxylic acids is 1. The van der Waals surface area contributed by atoms with Crippen LogP contribution in [0.2, 0.25) is 0 Å². The number of rotatable bonds is 9. The number of nitro benzene ring substituents is 1. The predicted molar refractivity (Wildman–Crippen MR) is 124 cm³/mol. The summed E-state index contributed by atoms with van der Waals surface area (Å²) < 4.78 is 24.3. The fourth-order valence-corrected chi connectivity index (χ4v) is 4.57. The summed E-state index contributed by atoms with van der Waals surface area (Å²) in [7, 11) is 0. The maximum Gasteiger partial charge on any atom is 0.338 e. The van der Waals surface area contributed by atoms with Crippen LogP contribution in [-0.2, 0) is 25.6 Å². The van der Waals surface area contributed by atoms with Crippen molar-refractivity contribution in [1.82, 2.24) is 0 Å². The largest absolute Gasteiger partial charge is 0.462 e. The van der Waals surface area contributed by atoms with Gasteiger partial charge in [-0.15, -0.1) is 0 Å². The van der Waals surface area contributed by atoms with E-state index in [4.69, 9.17) is 18.9 Å². The van der Waals surface area contributed by atoms with E-state index in [0.29, 0.717) is 25.2 Å². The summed E-state index contributed by atoms with van der Waals surface area (Å²) in [5, 5.41) is 10.7. The van der Waals surface area contributed by atoms with Crippen LogP contribution in [0.4, 0.5) is 5.69 Å². The summed E-state index contributed by atoms with van der Waals surface area (Å²) in [6.45, 7) is 1.46. The molecule has 8 nitrogen and oxygen atoms in total. The van der Waals surface area contributed by atoms with Gasteiger partial charge in [-0.25, -0.2) is 4.79 Å². The fourth-order valence-electron chi connectivity index (χ4n) is 4.57. The van der Waals surface area contributed by atoms with Crippen LogP contribution in [0, 0.1) is 10.1 Å². The van der Waals surface area contributed by atoms with Crippen LogP contribution in [-0.4, -0.2) is 42.1 Å². The lowest BCUT2D eigenvalue weighted by molar-refractivity contribution is -0.384. The van der Waals surface area contributed by atoms with Gasteiger partial charge in [0.2, 0.25) is 0 Å². The van der Waals surface area contributed by atoms with Gasteiger partial charge in [0.1, 0.15) is 6.10 Å². The van der Waals surface area contributed by atoms with Crippen molar-refractivity contribution in [2.75, 3.05) is 13.2 Å². The zero-order valence-electron chi connectivity index (χ0n) is 19.2. The second kappa shape index (κ2) is 11.6. The highest BCUT2D eigenvalue weighted by molar-refractivity contribution is 5.89. The molecule has 1 spiro atoms. The summed E-state index contributed by atoms with van der Waals surface area (Å²) in [6, 6.07) is 15.5.